The molecule has 1 aromatic rings. The van der Waals surface area contributed by atoms with Gasteiger partial charge >= 0.3 is 0 Å². The lowest BCUT2D eigenvalue weighted by atomic mass is 9.85. The Balaban J connectivity index is 2.77. The normalized spacial score (nSPS) is 11.4. The van der Waals surface area contributed by atoms with Gasteiger partial charge in [-0.05, 0) is 17.8 Å². The molecule has 0 fully saturated rings. The first-order chi connectivity index (χ1) is 8.81. The number of nitrogens with one attached hydrogen (secondary N) is 1. The van der Waals surface area contributed by atoms with Gasteiger partial charge in [-0.25, -0.2) is 0 Å². The van der Waals surface area contributed by atoms with Crippen LogP contribution >= 0.6 is 0 Å². The average Bonchev–Trinajstić information content (AvgIpc) is 2.27. The molecular formula is C13H26N6. The molecule has 0 amide bonds. The molecule has 0 saturated carbocycles. The summed E-state index contributed by atoms with van der Waals surface area (Å²) < 4.78 is 0. The van der Waals surface area contributed by atoms with Crippen LogP contribution in [0.2, 0.25) is 0 Å². The third-order valence-electron chi connectivity index (χ3n) is 3.25. The van der Waals surface area contributed by atoms with Gasteiger partial charge in [0.05, 0.1) is 0 Å². The SMILES string of the molecule is CC(C)C(CNc1nc(N)nc(N(C)C)n1)C(C)C. The Hall–Kier alpha value is -1.59. The molecule has 0 aliphatic heterocycles. The minimum Gasteiger partial charge on any atom is -0.368 e. The maximum atomic E-state index is 5.69. The van der Waals surface area contributed by atoms with Gasteiger partial charge in [0, 0.05) is 20.6 Å². The third kappa shape index (κ3) is 4.54. The Labute approximate surface area is 115 Å². The highest BCUT2D eigenvalue weighted by atomic mass is 15.3. The Kier molecular flexibility index (Phi) is 5.32. The molecule has 108 valence electrons. The summed E-state index contributed by atoms with van der Waals surface area (Å²) in [6.45, 7) is 9.78. The maximum absolute atomic E-state index is 5.69. The molecule has 0 bridgehead atoms. The molecule has 0 aliphatic carbocycles. The van der Waals surface area contributed by atoms with Crippen LogP contribution in [0, 0.1) is 17.8 Å². The molecule has 0 atom stereocenters. The van der Waals surface area contributed by atoms with E-state index in [0.717, 1.165) is 6.54 Å². The van der Waals surface area contributed by atoms with Crippen molar-refractivity contribution in [3.05, 3.63) is 0 Å². The van der Waals surface area contributed by atoms with Crippen LogP contribution in [0.15, 0.2) is 0 Å². The monoisotopic (exact) mass is 266 g/mol. The highest BCUT2D eigenvalue weighted by Crippen LogP contribution is 2.21. The first-order valence-corrected chi connectivity index (χ1v) is 6.74. The number of hydrogen-bond donors (Lipinski definition) is 2. The second-order valence-electron chi connectivity index (χ2n) is 5.74. The lowest BCUT2D eigenvalue weighted by Gasteiger charge is -2.25. The largest absolute Gasteiger partial charge is 0.368 e. The van der Waals surface area contributed by atoms with Crippen molar-refractivity contribution in [3.8, 4) is 0 Å². The topological polar surface area (TPSA) is 80.0 Å². The Morgan fingerprint density at radius 3 is 2.11 bits per heavy atom. The first-order valence-electron chi connectivity index (χ1n) is 6.74. The fourth-order valence-corrected chi connectivity index (χ4v) is 2.11. The van der Waals surface area contributed by atoms with E-state index in [1.807, 2.05) is 19.0 Å². The molecule has 1 heterocycles. The summed E-state index contributed by atoms with van der Waals surface area (Å²) in [6, 6.07) is 0. The zero-order chi connectivity index (χ0) is 14.6. The zero-order valence-electron chi connectivity index (χ0n) is 12.8. The van der Waals surface area contributed by atoms with Gasteiger partial charge in [0.1, 0.15) is 0 Å². The number of anilines is 3. The van der Waals surface area contributed by atoms with Gasteiger partial charge in [0.2, 0.25) is 17.8 Å². The van der Waals surface area contributed by atoms with E-state index in [1.54, 1.807) is 0 Å². The van der Waals surface area contributed by atoms with E-state index in [9.17, 15) is 0 Å². The van der Waals surface area contributed by atoms with E-state index in [1.165, 1.54) is 0 Å². The van der Waals surface area contributed by atoms with Gasteiger partial charge in [0.25, 0.3) is 0 Å². The summed E-state index contributed by atoms with van der Waals surface area (Å²) in [5.41, 5.74) is 5.69. The molecule has 1 aromatic heterocycles. The van der Waals surface area contributed by atoms with Crippen molar-refractivity contribution in [1.29, 1.82) is 0 Å². The molecule has 6 nitrogen and oxygen atoms in total. The van der Waals surface area contributed by atoms with Crippen molar-refractivity contribution >= 4 is 17.8 Å². The molecule has 6 heteroatoms. The molecule has 1 rings (SSSR count). The van der Waals surface area contributed by atoms with E-state index in [2.05, 4.69) is 48.0 Å². The highest BCUT2D eigenvalue weighted by molar-refractivity contribution is 5.40. The van der Waals surface area contributed by atoms with Crippen LogP contribution in [-0.4, -0.2) is 35.6 Å². The van der Waals surface area contributed by atoms with E-state index < -0.39 is 0 Å². The second-order valence-corrected chi connectivity index (χ2v) is 5.74. The molecular weight excluding hydrogens is 240 g/mol. The number of nitrogen functional groups attached to an aromatic ring is 1. The van der Waals surface area contributed by atoms with Crippen molar-refractivity contribution in [2.45, 2.75) is 27.7 Å². The van der Waals surface area contributed by atoms with Gasteiger partial charge < -0.3 is 16.0 Å². The summed E-state index contributed by atoms with van der Waals surface area (Å²) in [6.07, 6.45) is 0. The molecule has 0 aromatic carbocycles. The predicted molar refractivity (Wildman–Crippen MR) is 80.2 cm³/mol. The molecule has 0 unspecified atom stereocenters. The number of nitrogens with two attached hydrogens (primary N) is 1. The molecule has 3 N–H and O–H groups in total. The van der Waals surface area contributed by atoms with Crippen LogP contribution in [-0.2, 0) is 0 Å². The lowest BCUT2D eigenvalue weighted by Crippen LogP contribution is -2.26. The molecule has 19 heavy (non-hydrogen) atoms. The summed E-state index contributed by atoms with van der Waals surface area (Å²) in [4.78, 5) is 14.3. The van der Waals surface area contributed by atoms with Crippen LogP contribution in [0.3, 0.4) is 0 Å². The minimum atomic E-state index is 0.242. The molecule has 0 aliphatic rings. The molecule has 0 saturated heterocycles. The van der Waals surface area contributed by atoms with Crippen LogP contribution in [0.4, 0.5) is 17.8 Å². The van der Waals surface area contributed by atoms with Crippen LogP contribution in [0.5, 0.6) is 0 Å². The van der Waals surface area contributed by atoms with Crippen molar-refractivity contribution in [2.24, 2.45) is 17.8 Å². The van der Waals surface area contributed by atoms with Gasteiger partial charge in [-0.1, -0.05) is 27.7 Å². The Morgan fingerprint density at radius 2 is 1.63 bits per heavy atom. The molecule has 0 radical (unpaired) electrons. The average molecular weight is 266 g/mol. The Bertz CT molecular complexity index is 394. The van der Waals surface area contributed by atoms with Crippen molar-refractivity contribution in [2.75, 3.05) is 36.6 Å². The maximum Gasteiger partial charge on any atom is 0.231 e. The van der Waals surface area contributed by atoms with Gasteiger partial charge in [-0.3, -0.25) is 0 Å². The summed E-state index contributed by atoms with van der Waals surface area (Å²) in [5, 5.41) is 3.27. The highest BCUT2D eigenvalue weighted by Gasteiger charge is 2.18. The van der Waals surface area contributed by atoms with Crippen LogP contribution in [0.1, 0.15) is 27.7 Å². The summed E-state index contributed by atoms with van der Waals surface area (Å²) in [5.74, 6) is 3.15. The summed E-state index contributed by atoms with van der Waals surface area (Å²) in [7, 11) is 3.76. The number of rotatable bonds is 6. The van der Waals surface area contributed by atoms with Crippen LogP contribution in [0.25, 0.3) is 0 Å². The van der Waals surface area contributed by atoms with E-state index in [0.29, 0.717) is 29.7 Å². The van der Waals surface area contributed by atoms with Gasteiger partial charge in [0.15, 0.2) is 0 Å². The first kappa shape index (κ1) is 15.5. The van der Waals surface area contributed by atoms with Gasteiger partial charge in [-0.15, -0.1) is 0 Å². The minimum absolute atomic E-state index is 0.242. The summed E-state index contributed by atoms with van der Waals surface area (Å²) >= 11 is 0. The number of aromatic nitrogens is 3. The molecule has 0 spiro atoms. The van der Waals surface area contributed by atoms with E-state index >= 15 is 0 Å². The Morgan fingerprint density at radius 1 is 1.05 bits per heavy atom. The smallest absolute Gasteiger partial charge is 0.231 e. The third-order valence-corrected chi connectivity index (χ3v) is 3.25. The fourth-order valence-electron chi connectivity index (χ4n) is 2.11. The van der Waals surface area contributed by atoms with Crippen molar-refractivity contribution in [1.82, 2.24) is 15.0 Å². The predicted octanol–water partition coefficient (Wildman–Crippen LogP) is 1.86. The van der Waals surface area contributed by atoms with E-state index in [-0.39, 0.29) is 5.95 Å². The zero-order valence-corrected chi connectivity index (χ0v) is 12.8. The fraction of sp³-hybridized carbons (Fsp3) is 0.769. The van der Waals surface area contributed by atoms with Crippen LogP contribution < -0.4 is 16.0 Å². The van der Waals surface area contributed by atoms with Crippen molar-refractivity contribution in [3.63, 3.8) is 0 Å². The number of nitrogens with zero attached hydrogens (tertiary/aromatic N) is 4. The second kappa shape index (κ2) is 6.54. The lowest BCUT2D eigenvalue weighted by molar-refractivity contribution is 0.304. The number of hydrogen-bond acceptors (Lipinski definition) is 6. The standard InChI is InChI=1S/C13H26N6/c1-8(2)10(9(3)4)7-15-12-16-11(14)17-13(18-12)19(5)6/h8-10H,7H2,1-6H3,(H3,14,15,16,17,18). The van der Waals surface area contributed by atoms with Crippen molar-refractivity contribution < 1.29 is 0 Å². The van der Waals surface area contributed by atoms with Gasteiger partial charge in [-0.2, -0.15) is 15.0 Å². The van der Waals surface area contributed by atoms with E-state index in [4.69, 9.17) is 5.73 Å². The quantitative estimate of drug-likeness (QED) is 0.818.